The quantitative estimate of drug-likeness (QED) is 0.395. The highest BCUT2D eigenvalue weighted by atomic mass is 16.4. The molecule has 0 saturated carbocycles. The Hall–Kier alpha value is -3.60. The highest BCUT2D eigenvalue weighted by molar-refractivity contribution is 6.07. The number of anilines is 1. The normalized spacial score (nSPS) is 16.9. The van der Waals surface area contributed by atoms with Gasteiger partial charge in [0.25, 0.3) is 0 Å². The number of hydrogen-bond donors (Lipinski definition) is 0. The first kappa shape index (κ1) is 10.8. The van der Waals surface area contributed by atoms with Gasteiger partial charge in [-0.2, -0.15) is 0 Å². The van der Waals surface area contributed by atoms with E-state index in [2.05, 4.69) is 0 Å². The predicted octanol–water partition coefficient (Wildman–Crippen LogP) is 2.67. The summed E-state index contributed by atoms with van der Waals surface area (Å²) in [7, 11) is 1.38. The summed E-state index contributed by atoms with van der Waals surface area (Å²) in [6, 6.07) is 14.8. The number of benzene rings is 3. The Bertz CT molecular complexity index is 1570. The second kappa shape index (κ2) is 7.09. The van der Waals surface area contributed by atoms with E-state index in [1.54, 1.807) is 30.3 Å². The van der Waals surface area contributed by atoms with Crippen LogP contribution < -0.4 is 19.9 Å². The molecule has 2 aromatic rings. The monoisotopic (exact) mass is 395 g/mol. The lowest BCUT2D eigenvalue weighted by molar-refractivity contribution is -0.254. The summed E-state index contributed by atoms with van der Waals surface area (Å²) >= 11 is 0. The van der Waals surface area contributed by atoms with Gasteiger partial charge in [0.05, 0.1) is 20.3 Å². The highest BCUT2D eigenvalue weighted by Crippen LogP contribution is 2.41. The van der Waals surface area contributed by atoms with Crippen molar-refractivity contribution in [2.75, 3.05) is 32.9 Å². The summed E-state index contributed by atoms with van der Waals surface area (Å²) in [6.07, 6.45) is 0. The van der Waals surface area contributed by atoms with Gasteiger partial charge in [0.15, 0.2) is 0 Å². The van der Waals surface area contributed by atoms with Crippen molar-refractivity contribution < 1.29 is 26.7 Å². The van der Waals surface area contributed by atoms with E-state index in [1.165, 1.54) is 37.4 Å². The third kappa shape index (κ3) is 3.25. The lowest BCUT2D eigenvalue weighted by atomic mass is 9.90. The molecular weight excluding hydrogens is 364 g/mol. The van der Waals surface area contributed by atoms with Crippen LogP contribution in [0.1, 0.15) is 22.7 Å². The van der Waals surface area contributed by atoms with Crippen molar-refractivity contribution in [3.63, 3.8) is 0 Å². The van der Waals surface area contributed by atoms with Crippen molar-refractivity contribution in [1.29, 1.82) is 0 Å². The second-order valence-corrected chi connectivity index (χ2v) is 6.57. The number of carbonyl (C=O) groups is 1. The molecular formula is C24H22N2O3. The molecule has 1 aliphatic carbocycles. The van der Waals surface area contributed by atoms with Crippen LogP contribution in [-0.4, -0.2) is 33.9 Å². The van der Waals surface area contributed by atoms with Gasteiger partial charge in [0.2, 0.25) is 5.36 Å². The molecule has 0 saturated heterocycles. The van der Waals surface area contributed by atoms with Crippen LogP contribution in [0.25, 0.3) is 33.4 Å². The van der Waals surface area contributed by atoms with E-state index >= 15 is 0 Å². The molecule has 1 aliphatic heterocycles. The molecule has 146 valence electrons. The van der Waals surface area contributed by atoms with Crippen LogP contribution in [0, 0.1) is 0 Å². The largest absolute Gasteiger partial charge is 0.545 e. The van der Waals surface area contributed by atoms with Gasteiger partial charge in [-0.25, -0.2) is 4.58 Å². The Kier molecular flexibility index (Phi) is 2.64. The minimum atomic E-state index is -3.00. The number of hydrogen-bond acceptors (Lipinski definition) is 4. The average Bonchev–Trinajstić information content (AvgIpc) is 2.79. The van der Waals surface area contributed by atoms with E-state index in [-0.39, 0.29) is 33.5 Å². The zero-order valence-corrected chi connectivity index (χ0v) is 15.4. The lowest BCUT2D eigenvalue weighted by Crippen LogP contribution is -2.23. The van der Waals surface area contributed by atoms with Crippen LogP contribution in [0.4, 0.5) is 5.69 Å². The molecule has 4 rings (SSSR count). The Balaban J connectivity index is 2.18. The first-order chi connectivity index (χ1) is 17.5. The standard InChI is InChI=1S/C24H22N2O3/c1-25(2)15-9-11-19-21(13-15)29-22-14-16(26(3)4)10-12-20(22)23(19)17-7-5-6-8-18(17)24(27)28/h5-14H,1-4H3/i1D3,2D3,3D3. The molecule has 2 aliphatic rings. The van der Waals surface area contributed by atoms with E-state index in [4.69, 9.17) is 16.8 Å². The van der Waals surface area contributed by atoms with Gasteiger partial charge in [-0.05, 0) is 23.8 Å². The van der Waals surface area contributed by atoms with Crippen LogP contribution in [0.15, 0.2) is 65.1 Å². The van der Waals surface area contributed by atoms with Crippen molar-refractivity contribution >= 4 is 22.6 Å². The van der Waals surface area contributed by atoms with Gasteiger partial charge in [-0.1, -0.05) is 24.3 Å². The third-order valence-corrected chi connectivity index (χ3v) is 4.75. The van der Waals surface area contributed by atoms with Gasteiger partial charge >= 0.3 is 0 Å². The maximum absolute atomic E-state index is 11.9. The molecule has 5 heteroatoms. The highest BCUT2D eigenvalue weighted by Gasteiger charge is 2.20. The fraction of sp³-hybridized carbons (Fsp3) is 0.167. The minimum absolute atomic E-state index is 0.0605. The maximum Gasteiger partial charge on any atom is 0.203 e. The molecule has 0 unspecified atom stereocenters. The van der Waals surface area contributed by atoms with Crippen molar-refractivity contribution in [2.24, 2.45) is 0 Å². The van der Waals surface area contributed by atoms with Crippen molar-refractivity contribution in [3.8, 4) is 22.5 Å². The van der Waals surface area contributed by atoms with Gasteiger partial charge in [-0.3, -0.25) is 0 Å². The van der Waals surface area contributed by atoms with Crippen LogP contribution in [0.2, 0.25) is 0 Å². The minimum Gasteiger partial charge on any atom is -0.545 e. The first-order valence-electron chi connectivity index (χ1n) is 13.2. The van der Waals surface area contributed by atoms with Crippen LogP contribution in [0.5, 0.6) is 0 Å². The van der Waals surface area contributed by atoms with Gasteiger partial charge in [0, 0.05) is 58.0 Å². The third-order valence-electron chi connectivity index (χ3n) is 4.75. The number of carboxylic acid groups (broad SMARTS) is 1. The number of fused-ring (bicyclic) bond motifs is 2. The van der Waals surface area contributed by atoms with Crippen molar-refractivity contribution in [3.05, 3.63) is 71.6 Å². The second-order valence-electron chi connectivity index (χ2n) is 6.57. The first-order valence-corrected chi connectivity index (χ1v) is 8.69. The Labute approximate surface area is 181 Å². The molecule has 2 aromatic carbocycles. The molecule has 5 nitrogen and oxygen atoms in total. The molecule has 0 bridgehead atoms. The maximum atomic E-state index is 11.9. The molecule has 0 radical (unpaired) electrons. The molecule has 29 heavy (non-hydrogen) atoms. The molecule has 0 aromatic heterocycles. The van der Waals surface area contributed by atoms with E-state index in [9.17, 15) is 9.90 Å². The molecule has 0 atom stereocenters. The lowest BCUT2D eigenvalue weighted by Gasteiger charge is -2.19. The Morgan fingerprint density at radius 3 is 2.66 bits per heavy atom. The molecule has 0 fully saturated rings. The number of carbonyl (C=O) groups excluding carboxylic acids is 1. The van der Waals surface area contributed by atoms with Crippen molar-refractivity contribution in [2.45, 2.75) is 0 Å². The zero-order valence-electron chi connectivity index (χ0n) is 24.4. The van der Waals surface area contributed by atoms with Gasteiger partial charge < -0.3 is 19.2 Å². The summed E-state index contributed by atoms with van der Waals surface area (Å²) in [4.78, 5) is 13.0. The number of carboxylic acids is 1. The topological polar surface area (TPSA) is 59.5 Å². The van der Waals surface area contributed by atoms with Gasteiger partial charge in [0.1, 0.15) is 25.3 Å². The van der Waals surface area contributed by atoms with Crippen LogP contribution in [0.3, 0.4) is 0 Å². The van der Waals surface area contributed by atoms with Crippen LogP contribution >= 0.6 is 0 Å². The molecule has 0 N–H and O–H groups in total. The van der Waals surface area contributed by atoms with E-state index in [0.717, 1.165) is 4.90 Å². The van der Waals surface area contributed by atoms with Crippen molar-refractivity contribution in [1.82, 2.24) is 4.58 Å². The Morgan fingerprint density at radius 2 is 1.90 bits per heavy atom. The zero-order chi connectivity index (χ0) is 28.2. The predicted molar refractivity (Wildman–Crippen MR) is 114 cm³/mol. The summed E-state index contributed by atoms with van der Waals surface area (Å²) in [5.41, 5.74) is 1.41. The Morgan fingerprint density at radius 1 is 1.07 bits per heavy atom. The molecule has 1 heterocycles. The van der Waals surface area contributed by atoms with Crippen LogP contribution in [-0.2, 0) is 0 Å². The molecule has 0 spiro atoms. The van der Waals surface area contributed by atoms with E-state index in [1.807, 2.05) is 0 Å². The number of aromatic carboxylic acids is 1. The fourth-order valence-electron chi connectivity index (χ4n) is 3.38. The number of rotatable bonds is 3. The summed E-state index contributed by atoms with van der Waals surface area (Å²) < 4.78 is 76.0. The summed E-state index contributed by atoms with van der Waals surface area (Å²) in [6.45, 7) is -8.46. The summed E-state index contributed by atoms with van der Waals surface area (Å²) in [5, 5.41) is 12.2. The average molecular weight is 396 g/mol. The van der Waals surface area contributed by atoms with Gasteiger partial charge in [-0.15, -0.1) is 0 Å². The smallest absolute Gasteiger partial charge is 0.203 e. The number of nitrogens with zero attached hydrogens (tertiary/aromatic N) is 2. The molecule has 0 amide bonds. The SMILES string of the molecule is [2H]C([2H])([2H])N(C)c1ccc2c(-c3ccccc3C(=O)[O-])c3ccc(=[N+](C([2H])([2H])[2H])C([2H])([2H])[2H])cc-3oc2c1. The fourth-order valence-corrected chi connectivity index (χ4v) is 3.38. The van der Waals surface area contributed by atoms with E-state index < -0.39 is 26.9 Å². The summed E-state index contributed by atoms with van der Waals surface area (Å²) in [5.74, 6) is -1.36. The van der Waals surface area contributed by atoms with E-state index in [0.29, 0.717) is 21.1 Å².